The normalized spacial score (nSPS) is 30.1. The molecule has 0 heterocycles. The van der Waals surface area contributed by atoms with Gasteiger partial charge < -0.3 is 4.74 Å². The minimum Gasteiger partial charge on any atom is -0.497 e. The fraction of sp³-hybridized carbons (Fsp3) is 0.333. The van der Waals surface area contributed by atoms with Crippen LogP contribution in [0.25, 0.3) is 0 Å². The molecule has 1 aromatic carbocycles. The summed E-state index contributed by atoms with van der Waals surface area (Å²) in [7, 11) is 1.43. The quantitative estimate of drug-likeness (QED) is 0.782. The van der Waals surface area contributed by atoms with Crippen LogP contribution in [0, 0.1) is 0 Å². The van der Waals surface area contributed by atoms with Crippen molar-refractivity contribution in [2.24, 2.45) is 0 Å². The van der Waals surface area contributed by atoms with Crippen molar-refractivity contribution in [3.63, 3.8) is 0 Å². The van der Waals surface area contributed by atoms with Gasteiger partial charge in [0.15, 0.2) is 5.67 Å². The van der Waals surface area contributed by atoms with Crippen LogP contribution in [0.1, 0.15) is 19.4 Å². The molecule has 5 heteroatoms. The molecule has 0 bridgehead atoms. The van der Waals surface area contributed by atoms with Crippen molar-refractivity contribution in [3.8, 4) is 5.75 Å². The Morgan fingerprint density at radius 2 is 1.65 bits per heavy atom. The van der Waals surface area contributed by atoms with Crippen molar-refractivity contribution < 1.29 is 23.1 Å². The molecule has 1 aromatic rings. The molecule has 0 saturated carbocycles. The minimum atomic E-state index is -2.99. The van der Waals surface area contributed by atoms with E-state index in [1.165, 1.54) is 38.3 Å². The maximum atomic E-state index is 15.1. The molecule has 0 unspecified atom stereocenters. The lowest BCUT2D eigenvalue weighted by Gasteiger charge is -2.32. The molecular weight excluding hydrogens is 266 g/mol. The topological polar surface area (TPSA) is 43.4 Å². The number of rotatable bonds is 2. The SMILES string of the molecule is COc1ccc([C@]2(F)C(=O)C(C)=C[C@@](C)(F)C2=O)cc1. The first kappa shape index (κ1) is 14.4. The van der Waals surface area contributed by atoms with Crippen LogP contribution in [0.3, 0.4) is 0 Å². The average molecular weight is 280 g/mol. The van der Waals surface area contributed by atoms with Crippen molar-refractivity contribution in [3.05, 3.63) is 41.5 Å². The Labute approximate surface area is 115 Å². The molecule has 0 spiro atoms. The maximum absolute atomic E-state index is 15.1. The monoisotopic (exact) mass is 280 g/mol. The highest BCUT2D eigenvalue weighted by molar-refractivity contribution is 6.22. The van der Waals surface area contributed by atoms with Crippen LogP contribution in [0.2, 0.25) is 0 Å². The number of ketones is 2. The van der Waals surface area contributed by atoms with Gasteiger partial charge in [0.05, 0.1) is 7.11 Å². The second kappa shape index (κ2) is 4.51. The number of methoxy groups -OCH3 is 1. The van der Waals surface area contributed by atoms with Gasteiger partial charge in [0.25, 0.3) is 5.67 Å². The summed E-state index contributed by atoms with van der Waals surface area (Å²) in [6.45, 7) is 2.24. The van der Waals surface area contributed by atoms with Crippen LogP contribution in [0.15, 0.2) is 35.9 Å². The Bertz CT molecular complexity index is 602. The Kier molecular flexibility index (Phi) is 3.24. The largest absolute Gasteiger partial charge is 0.497 e. The molecule has 0 radical (unpaired) electrons. The van der Waals surface area contributed by atoms with Crippen molar-refractivity contribution in [1.82, 2.24) is 0 Å². The number of hydrogen-bond donors (Lipinski definition) is 0. The van der Waals surface area contributed by atoms with Gasteiger partial charge in [-0.15, -0.1) is 0 Å². The van der Waals surface area contributed by atoms with Crippen molar-refractivity contribution in [2.45, 2.75) is 25.2 Å². The maximum Gasteiger partial charge on any atom is 0.259 e. The number of benzene rings is 1. The standard InChI is InChI=1S/C15H14F2O3/c1-9-8-14(2,16)13(19)15(17,12(9)18)10-4-6-11(20-3)7-5-10/h4-8H,1-3H3/t14-,15+/m1/s1. The summed E-state index contributed by atoms with van der Waals surface area (Å²) in [4.78, 5) is 24.1. The van der Waals surface area contributed by atoms with Gasteiger partial charge >= 0.3 is 0 Å². The number of alkyl halides is 2. The second-order valence-electron chi connectivity index (χ2n) is 4.95. The van der Waals surface area contributed by atoms with Gasteiger partial charge in [0.1, 0.15) is 5.75 Å². The van der Waals surface area contributed by atoms with Crippen molar-refractivity contribution in [1.29, 1.82) is 0 Å². The van der Waals surface area contributed by atoms with Crippen LogP contribution in [0.4, 0.5) is 8.78 Å². The zero-order valence-electron chi connectivity index (χ0n) is 11.4. The van der Waals surface area contributed by atoms with E-state index in [0.717, 1.165) is 13.0 Å². The molecule has 106 valence electrons. The molecule has 0 aromatic heterocycles. The van der Waals surface area contributed by atoms with E-state index in [-0.39, 0.29) is 11.1 Å². The lowest BCUT2D eigenvalue weighted by atomic mass is 9.74. The van der Waals surface area contributed by atoms with Gasteiger partial charge in [-0.3, -0.25) is 9.59 Å². The predicted octanol–water partition coefficient (Wildman–Crippen LogP) is 2.69. The first-order chi connectivity index (χ1) is 9.23. The van der Waals surface area contributed by atoms with Crippen LogP contribution in [0.5, 0.6) is 5.75 Å². The number of ether oxygens (including phenoxy) is 1. The van der Waals surface area contributed by atoms with E-state index in [1.807, 2.05) is 0 Å². The molecule has 2 rings (SSSR count). The minimum absolute atomic E-state index is 0.104. The fourth-order valence-corrected chi connectivity index (χ4v) is 2.33. The molecular formula is C15H14F2O3. The van der Waals surface area contributed by atoms with E-state index in [1.54, 1.807) is 0 Å². The van der Waals surface area contributed by atoms with E-state index in [0.29, 0.717) is 5.75 Å². The lowest BCUT2D eigenvalue weighted by molar-refractivity contribution is -0.149. The van der Waals surface area contributed by atoms with Gasteiger partial charge in [0, 0.05) is 5.56 Å². The summed E-state index contributed by atoms with van der Waals surface area (Å²) in [5.41, 5.74) is -5.79. The third-order valence-corrected chi connectivity index (χ3v) is 3.40. The number of carbonyl (C=O) groups excluding carboxylic acids is 2. The van der Waals surface area contributed by atoms with Crippen molar-refractivity contribution >= 4 is 11.6 Å². The summed E-state index contributed by atoms with van der Waals surface area (Å²) in [6.07, 6.45) is 0.860. The van der Waals surface area contributed by atoms with Crippen LogP contribution in [-0.4, -0.2) is 24.3 Å². The van der Waals surface area contributed by atoms with E-state index in [4.69, 9.17) is 4.74 Å². The third-order valence-electron chi connectivity index (χ3n) is 3.40. The van der Waals surface area contributed by atoms with E-state index >= 15 is 4.39 Å². The summed E-state index contributed by atoms with van der Waals surface area (Å²) >= 11 is 0. The molecule has 1 aliphatic carbocycles. The number of halogens is 2. The number of allylic oxidation sites excluding steroid dienone is 2. The number of carbonyl (C=O) groups is 2. The molecule has 1 aliphatic rings. The lowest BCUT2D eigenvalue weighted by Crippen LogP contribution is -2.52. The van der Waals surface area contributed by atoms with Gasteiger partial charge in [0.2, 0.25) is 11.6 Å². The van der Waals surface area contributed by atoms with Gasteiger partial charge in [-0.1, -0.05) is 12.1 Å². The van der Waals surface area contributed by atoms with Crippen molar-refractivity contribution in [2.75, 3.05) is 7.11 Å². The molecule has 0 fully saturated rings. The molecule has 0 saturated heterocycles. The first-order valence-corrected chi connectivity index (χ1v) is 6.05. The number of Topliss-reactive ketones (excluding diaryl/α,β-unsaturated/α-hetero) is 2. The molecule has 0 N–H and O–H groups in total. The molecule has 3 nitrogen and oxygen atoms in total. The highest BCUT2D eigenvalue weighted by atomic mass is 19.2. The van der Waals surface area contributed by atoms with Crippen LogP contribution < -0.4 is 4.74 Å². The third kappa shape index (κ3) is 1.94. The van der Waals surface area contributed by atoms with Crippen LogP contribution in [-0.2, 0) is 15.3 Å². The zero-order chi connectivity index (χ0) is 15.1. The Hall–Kier alpha value is -2.04. The van der Waals surface area contributed by atoms with Gasteiger partial charge in [-0.25, -0.2) is 8.78 Å². The van der Waals surface area contributed by atoms with Crippen LogP contribution >= 0.6 is 0 Å². The smallest absolute Gasteiger partial charge is 0.259 e. The van der Waals surface area contributed by atoms with Gasteiger partial charge in [-0.05, 0) is 37.6 Å². The molecule has 0 amide bonds. The Balaban J connectivity index is 2.59. The van der Waals surface area contributed by atoms with Gasteiger partial charge in [-0.2, -0.15) is 0 Å². The fourth-order valence-electron chi connectivity index (χ4n) is 2.33. The number of hydrogen-bond acceptors (Lipinski definition) is 3. The summed E-state index contributed by atoms with van der Waals surface area (Å²) in [5.74, 6) is -1.98. The van der Waals surface area contributed by atoms with E-state index < -0.39 is 22.9 Å². The second-order valence-corrected chi connectivity index (χ2v) is 4.95. The summed E-state index contributed by atoms with van der Waals surface area (Å²) in [6, 6.07) is 5.34. The van der Waals surface area contributed by atoms with E-state index in [9.17, 15) is 14.0 Å². The Morgan fingerprint density at radius 3 is 2.15 bits per heavy atom. The Morgan fingerprint density at radius 1 is 1.10 bits per heavy atom. The zero-order valence-corrected chi connectivity index (χ0v) is 11.4. The molecule has 20 heavy (non-hydrogen) atoms. The highest BCUT2D eigenvalue weighted by Crippen LogP contribution is 2.41. The summed E-state index contributed by atoms with van der Waals surface area (Å²) in [5, 5.41) is 0. The average Bonchev–Trinajstić information content (AvgIpc) is 2.43. The summed E-state index contributed by atoms with van der Waals surface area (Å²) < 4.78 is 34.2. The predicted molar refractivity (Wildman–Crippen MR) is 69.1 cm³/mol. The highest BCUT2D eigenvalue weighted by Gasteiger charge is 2.58. The van der Waals surface area contributed by atoms with E-state index in [2.05, 4.69) is 0 Å². The molecule has 2 atom stereocenters. The first-order valence-electron chi connectivity index (χ1n) is 6.05. The molecule has 0 aliphatic heterocycles.